The van der Waals surface area contributed by atoms with Crippen molar-refractivity contribution in [1.82, 2.24) is 0 Å². The van der Waals surface area contributed by atoms with Gasteiger partial charge in [0, 0.05) is 5.56 Å². The van der Waals surface area contributed by atoms with Crippen molar-refractivity contribution in [3.63, 3.8) is 0 Å². The SMILES string of the molecule is O=C(O)Cc1ccc(C(=O)CO)cc1. The molecular formula is C10H10O4. The second kappa shape index (κ2) is 4.53. The van der Waals surface area contributed by atoms with Crippen LogP contribution in [-0.4, -0.2) is 28.6 Å². The van der Waals surface area contributed by atoms with Gasteiger partial charge >= 0.3 is 5.97 Å². The Morgan fingerprint density at radius 1 is 1.14 bits per heavy atom. The van der Waals surface area contributed by atoms with Crippen LogP contribution in [0.5, 0.6) is 0 Å². The Balaban J connectivity index is 2.78. The van der Waals surface area contributed by atoms with E-state index in [1.54, 1.807) is 12.1 Å². The number of hydrogen-bond donors (Lipinski definition) is 2. The van der Waals surface area contributed by atoms with E-state index in [1.807, 2.05) is 0 Å². The molecule has 1 aromatic rings. The van der Waals surface area contributed by atoms with Crippen molar-refractivity contribution in [2.75, 3.05) is 6.61 Å². The number of rotatable bonds is 4. The average molecular weight is 194 g/mol. The predicted octanol–water partition coefficient (Wildman–Crippen LogP) is 0.489. The molecular weight excluding hydrogens is 184 g/mol. The highest BCUT2D eigenvalue weighted by atomic mass is 16.4. The second-order valence-corrected chi connectivity index (χ2v) is 2.85. The summed E-state index contributed by atoms with van der Waals surface area (Å²) in [5.74, 6) is -1.28. The van der Waals surface area contributed by atoms with Gasteiger partial charge in [0.2, 0.25) is 0 Å². The van der Waals surface area contributed by atoms with E-state index in [1.165, 1.54) is 12.1 Å². The molecule has 0 amide bonds. The van der Waals surface area contributed by atoms with Crippen LogP contribution < -0.4 is 0 Å². The number of carboxylic acid groups (broad SMARTS) is 1. The number of carboxylic acids is 1. The van der Waals surface area contributed by atoms with Crippen molar-refractivity contribution in [2.24, 2.45) is 0 Å². The number of aliphatic hydroxyl groups excluding tert-OH is 1. The minimum atomic E-state index is -0.911. The van der Waals surface area contributed by atoms with Gasteiger partial charge in [-0.15, -0.1) is 0 Å². The first-order valence-corrected chi connectivity index (χ1v) is 4.08. The molecule has 1 rings (SSSR count). The fraction of sp³-hybridized carbons (Fsp3) is 0.200. The maximum Gasteiger partial charge on any atom is 0.307 e. The molecule has 0 saturated carbocycles. The van der Waals surface area contributed by atoms with Gasteiger partial charge in [-0.05, 0) is 5.56 Å². The first-order valence-electron chi connectivity index (χ1n) is 4.08. The molecule has 0 saturated heterocycles. The minimum Gasteiger partial charge on any atom is -0.481 e. The van der Waals surface area contributed by atoms with Crippen LogP contribution in [0.1, 0.15) is 15.9 Å². The molecule has 0 unspecified atom stereocenters. The quantitative estimate of drug-likeness (QED) is 0.684. The predicted molar refractivity (Wildman–Crippen MR) is 49.2 cm³/mol. The number of ketones is 1. The fourth-order valence-corrected chi connectivity index (χ4v) is 1.07. The lowest BCUT2D eigenvalue weighted by Gasteiger charge is -1.99. The highest BCUT2D eigenvalue weighted by Crippen LogP contribution is 2.05. The normalized spacial score (nSPS) is 9.79. The Labute approximate surface area is 80.8 Å². The van der Waals surface area contributed by atoms with Gasteiger partial charge in [0.05, 0.1) is 6.42 Å². The van der Waals surface area contributed by atoms with E-state index >= 15 is 0 Å². The van der Waals surface area contributed by atoms with Crippen LogP contribution in [0.4, 0.5) is 0 Å². The molecule has 0 aromatic heterocycles. The first kappa shape index (κ1) is 10.4. The number of carbonyl (C=O) groups is 2. The molecule has 0 fully saturated rings. The summed E-state index contributed by atoms with van der Waals surface area (Å²) in [7, 11) is 0. The molecule has 0 radical (unpaired) electrons. The Morgan fingerprint density at radius 2 is 1.71 bits per heavy atom. The molecule has 0 aliphatic heterocycles. The number of hydrogen-bond acceptors (Lipinski definition) is 3. The minimum absolute atomic E-state index is 0.0619. The third kappa shape index (κ3) is 2.67. The smallest absolute Gasteiger partial charge is 0.307 e. The maximum atomic E-state index is 11.0. The number of aliphatic hydroxyl groups is 1. The molecule has 0 spiro atoms. The van der Waals surface area contributed by atoms with Crippen LogP contribution in [0.25, 0.3) is 0 Å². The lowest BCUT2D eigenvalue weighted by Crippen LogP contribution is -2.05. The van der Waals surface area contributed by atoms with Crippen molar-refractivity contribution >= 4 is 11.8 Å². The maximum absolute atomic E-state index is 11.0. The van der Waals surface area contributed by atoms with Crippen molar-refractivity contribution in [3.8, 4) is 0 Å². The molecule has 2 N–H and O–H groups in total. The molecule has 0 aliphatic carbocycles. The van der Waals surface area contributed by atoms with Crippen molar-refractivity contribution in [3.05, 3.63) is 35.4 Å². The lowest BCUT2D eigenvalue weighted by atomic mass is 10.1. The van der Waals surface area contributed by atoms with E-state index < -0.39 is 12.6 Å². The highest BCUT2D eigenvalue weighted by Gasteiger charge is 2.04. The molecule has 0 heterocycles. The lowest BCUT2D eigenvalue weighted by molar-refractivity contribution is -0.136. The first-order chi connectivity index (χ1) is 6.63. The summed E-state index contributed by atoms with van der Waals surface area (Å²) < 4.78 is 0. The van der Waals surface area contributed by atoms with Crippen LogP contribution in [0, 0.1) is 0 Å². The Morgan fingerprint density at radius 3 is 2.14 bits per heavy atom. The van der Waals surface area contributed by atoms with Crippen LogP contribution in [-0.2, 0) is 11.2 Å². The Hall–Kier alpha value is -1.68. The van der Waals surface area contributed by atoms with E-state index in [0.29, 0.717) is 11.1 Å². The molecule has 1 aromatic carbocycles. The van der Waals surface area contributed by atoms with Gasteiger partial charge in [0.15, 0.2) is 5.78 Å². The Bertz CT molecular complexity index is 340. The third-order valence-electron chi connectivity index (χ3n) is 1.77. The monoisotopic (exact) mass is 194 g/mol. The molecule has 14 heavy (non-hydrogen) atoms. The number of carbonyl (C=O) groups excluding carboxylic acids is 1. The van der Waals surface area contributed by atoms with Crippen LogP contribution >= 0.6 is 0 Å². The van der Waals surface area contributed by atoms with E-state index in [2.05, 4.69) is 0 Å². The topological polar surface area (TPSA) is 74.6 Å². The summed E-state index contributed by atoms with van der Waals surface area (Å²) in [6.07, 6.45) is -0.0619. The molecule has 74 valence electrons. The Kier molecular flexibility index (Phi) is 3.36. The van der Waals surface area contributed by atoms with Crippen LogP contribution in [0.15, 0.2) is 24.3 Å². The van der Waals surface area contributed by atoms with Gasteiger partial charge in [-0.3, -0.25) is 9.59 Å². The summed E-state index contributed by atoms with van der Waals surface area (Å²) in [6, 6.07) is 6.15. The van der Waals surface area contributed by atoms with Crippen molar-refractivity contribution in [2.45, 2.75) is 6.42 Å². The van der Waals surface area contributed by atoms with Gasteiger partial charge in [-0.2, -0.15) is 0 Å². The van der Waals surface area contributed by atoms with E-state index in [0.717, 1.165) is 0 Å². The van der Waals surface area contributed by atoms with E-state index in [4.69, 9.17) is 10.2 Å². The standard InChI is InChI=1S/C10H10O4/c11-6-9(12)8-3-1-7(2-4-8)5-10(13)14/h1-4,11H,5-6H2,(H,13,14). The number of aliphatic carboxylic acids is 1. The zero-order chi connectivity index (χ0) is 10.6. The van der Waals surface area contributed by atoms with Gasteiger partial charge in [-0.25, -0.2) is 0 Å². The second-order valence-electron chi connectivity index (χ2n) is 2.85. The van der Waals surface area contributed by atoms with Gasteiger partial charge in [0.1, 0.15) is 6.61 Å². The van der Waals surface area contributed by atoms with Gasteiger partial charge in [0.25, 0.3) is 0 Å². The summed E-state index contributed by atoms with van der Waals surface area (Å²) in [5, 5.41) is 17.0. The molecule has 0 atom stereocenters. The highest BCUT2D eigenvalue weighted by molar-refractivity contribution is 5.96. The molecule has 0 aliphatic rings. The van der Waals surface area contributed by atoms with Crippen molar-refractivity contribution in [1.29, 1.82) is 0 Å². The van der Waals surface area contributed by atoms with E-state index in [-0.39, 0.29) is 12.2 Å². The number of benzene rings is 1. The fourth-order valence-electron chi connectivity index (χ4n) is 1.07. The number of Topliss-reactive ketones (excluding diaryl/α,β-unsaturated/α-hetero) is 1. The zero-order valence-electron chi connectivity index (χ0n) is 7.43. The largest absolute Gasteiger partial charge is 0.481 e. The molecule has 4 heteroatoms. The van der Waals surface area contributed by atoms with Gasteiger partial charge in [-0.1, -0.05) is 24.3 Å². The summed E-state index contributed by atoms with van der Waals surface area (Å²) in [4.78, 5) is 21.3. The average Bonchev–Trinajstić information content (AvgIpc) is 2.17. The van der Waals surface area contributed by atoms with E-state index in [9.17, 15) is 9.59 Å². The van der Waals surface area contributed by atoms with Crippen molar-refractivity contribution < 1.29 is 19.8 Å². The summed E-state index contributed by atoms with van der Waals surface area (Å²) in [6.45, 7) is -0.529. The summed E-state index contributed by atoms with van der Waals surface area (Å²) >= 11 is 0. The third-order valence-corrected chi connectivity index (χ3v) is 1.77. The zero-order valence-corrected chi connectivity index (χ0v) is 7.43. The van der Waals surface area contributed by atoms with Crippen LogP contribution in [0.2, 0.25) is 0 Å². The summed E-state index contributed by atoms with van der Waals surface area (Å²) in [5.41, 5.74) is 1.02. The molecule has 0 bridgehead atoms. The molecule has 4 nitrogen and oxygen atoms in total. The van der Waals surface area contributed by atoms with Gasteiger partial charge < -0.3 is 10.2 Å². The van der Waals surface area contributed by atoms with Crippen LogP contribution in [0.3, 0.4) is 0 Å².